The first-order valence-electron chi connectivity index (χ1n) is 17.0. The molecule has 0 fully saturated rings. The van der Waals surface area contributed by atoms with Crippen molar-refractivity contribution in [3.05, 3.63) is 140 Å². The fraction of sp³-hybridized carbons (Fsp3) is 0.255. The second-order valence-corrected chi connectivity index (χ2v) is 16.9. The standard InChI is InChI=1S/C45H47NO2S.2CH3.Hf/c1-43(2,3)29-24-28(25-30(26-29)44(4,5)6)31-20-14-21-35(40(31)47)33-17-11-13-19-37(33)42-46-39(27-49-42)34-18-12-10-16-32(34)36-22-15-23-38(41(36)48)45(7,8)9;;;/h10-27,47-48H,1-9H3;2*1H3;/q;2*-1;. The Morgan fingerprint density at radius 3 is 1.46 bits per heavy atom. The number of nitrogens with zero attached hydrogens (tertiary/aromatic N) is 1. The molecule has 0 atom stereocenters. The maximum Gasteiger partial charge on any atom is 0.131 e. The first-order valence-corrected chi connectivity index (χ1v) is 17.9. The normalized spacial score (nSPS) is 11.6. The molecular weight excluding hydrogens is 821 g/mol. The summed E-state index contributed by atoms with van der Waals surface area (Å²) in [6.07, 6.45) is 0. The van der Waals surface area contributed by atoms with Crippen LogP contribution in [0.2, 0.25) is 0 Å². The van der Waals surface area contributed by atoms with Crippen molar-refractivity contribution in [2.75, 3.05) is 0 Å². The van der Waals surface area contributed by atoms with Gasteiger partial charge in [-0.25, -0.2) is 4.98 Å². The molecule has 1 heterocycles. The Kier molecular flexibility index (Phi) is 13.2. The zero-order chi connectivity index (χ0) is 35.3. The Morgan fingerprint density at radius 2 is 0.923 bits per heavy atom. The smallest absolute Gasteiger partial charge is 0.131 e. The van der Waals surface area contributed by atoms with Gasteiger partial charge in [-0.3, -0.25) is 0 Å². The van der Waals surface area contributed by atoms with E-state index in [2.05, 4.69) is 104 Å². The number of phenols is 2. The van der Waals surface area contributed by atoms with Gasteiger partial charge >= 0.3 is 0 Å². The fourth-order valence-corrected chi connectivity index (χ4v) is 7.23. The van der Waals surface area contributed by atoms with Gasteiger partial charge in [-0.05, 0) is 49.6 Å². The quantitative estimate of drug-likeness (QED) is 0.134. The van der Waals surface area contributed by atoms with Gasteiger partial charge in [0.1, 0.15) is 16.5 Å². The monoisotopic (exact) mass is 875 g/mol. The molecule has 6 aromatic rings. The Morgan fingerprint density at radius 1 is 0.481 bits per heavy atom. The minimum absolute atomic E-state index is 0. The van der Waals surface area contributed by atoms with Crippen molar-refractivity contribution in [1.29, 1.82) is 0 Å². The van der Waals surface area contributed by atoms with E-state index in [0.717, 1.165) is 60.8 Å². The largest absolute Gasteiger partial charge is 0.507 e. The molecule has 3 nitrogen and oxygen atoms in total. The van der Waals surface area contributed by atoms with Crippen molar-refractivity contribution in [2.45, 2.75) is 78.6 Å². The maximum atomic E-state index is 12.0. The van der Waals surface area contributed by atoms with Gasteiger partial charge in [0.25, 0.3) is 0 Å². The van der Waals surface area contributed by atoms with Crippen molar-refractivity contribution in [2.24, 2.45) is 0 Å². The molecule has 6 rings (SSSR count). The summed E-state index contributed by atoms with van der Waals surface area (Å²) in [6, 6.07) is 35.1. The Balaban J connectivity index is 0.00000243. The van der Waals surface area contributed by atoms with E-state index in [1.54, 1.807) is 11.3 Å². The Hall–Kier alpha value is -3.80. The molecule has 0 aliphatic rings. The minimum Gasteiger partial charge on any atom is -0.507 e. The molecule has 0 aliphatic heterocycles. The Bertz CT molecular complexity index is 2130. The van der Waals surface area contributed by atoms with Gasteiger partial charge in [-0.15, -0.1) is 11.3 Å². The van der Waals surface area contributed by atoms with Crippen LogP contribution in [0, 0.1) is 14.9 Å². The predicted octanol–water partition coefficient (Wildman–Crippen LogP) is 13.7. The summed E-state index contributed by atoms with van der Waals surface area (Å²) in [5.74, 6) is 0.568. The summed E-state index contributed by atoms with van der Waals surface area (Å²) in [4.78, 5) is 5.17. The molecule has 1 aromatic heterocycles. The molecule has 0 unspecified atom stereocenters. The van der Waals surface area contributed by atoms with Crippen LogP contribution in [0.1, 0.15) is 79.0 Å². The minimum atomic E-state index is -0.195. The van der Waals surface area contributed by atoms with Crippen LogP contribution in [0.3, 0.4) is 0 Å². The van der Waals surface area contributed by atoms with Crippen LogP contribution in [0.5, 0.6) is 11.5 Å². The van der Waals surface area contributed by atoms with E-state index < -0.39 is 0 Å². The summed E-state index contributed by atoms with van der Waals surface area (Å²) in [5, 5.41) is 26.3. The van der Waals surface area contributed by atoms with Crippen LogP contribution in [0.4, 0.5) is 0 Å². The van der Waals surface area contributed by atoms with Gasteiger partial charge in [0.05, 0.1) is 5.69 Å². The molecule has 0 spiro atoms. The number of hydrogen-bond donors (Lipinski definition) is 2. The third kappa shape index (κ3) is 8.53. The van der Waals surface area contributed by atoms with Gasteiger partial charge in [0, 0.05) is 59.0 Å². The van der Waals surface area contributed by atoms with E-state index in [1.165, 1.54) is 11.1 Å². The van der Waals surface area contributed by atoms with Crippen LogP contribution in [0.15, 0.2) is 109 Å². The van der Waals surface area contributed by atoms with Gasteiger partial charge in [-0.2, -0.15) is 0 Å². The van der Waals surface area contributed by atoms with Crippen molar-refractivity contribution in [3.8, 4) is 66.7 Å². The van der Waals surface area contributed by atoms with Crippen LogP contribution in [-0.2, 0) is 42.1 Å². The van der Waals surface area contributed by atoms with Crippen LogP contribution in [0.25, 0.3) is 55.2 Å². The van der Waals surface area contributed by atoms with E-state index in [9.17, 15) is 10.2 Å². The third-order valence-electron chi connectivity index (χ3n) is 9.30. The number of phenolic OH excluding ortho intramolecular Hbond substituents is 2. The number of rotatable bonds is 5. The first-order chi connectivity index (χ1) is 23.0. The van der Waals surface area contributed by atoms with Gasteiger partial charge in [0.2, 0.25) is 0 Å². The molecule has 0 amide bonds. The van der Waals surface area contributed by atoms with Crippen molar-refractivity contribution in [3.63, 3.8) is 0 Å². The molecule has 0 aliphatic carbocycles. The topological polar surface area (TPSA) is 53.4 Å². The summed E-state index contributed by atoms with van der Waals surface area (Å²) in [5.41, 5.74) is 11.2. The number of benzene rings is 5. The van der Waals surface area contributed by atoms with Crippen molar-refractivity contribution < 1.29 is 36.1 Å². The zero-order valence-electron chi connectivity index (χ0n) is 32.6. The van der Waals surface area contributed by atoms with Gasteiger partial charge < -0.3 is 25.1 Å². The number of para-hydroxylation sites is 2. The summed E-state index contributed by atoms with van der Waals surface area (Å²) in [7, 11) is 0. The average Bonchev–Trinajstić information content (AvgIpc) is 3.54. The molecule has 5 aromatic carbocycles. The summed E-state index contributed by atoms with van der Waals surface area (Å²) >= 11 is 1.58. The second-order valence-electron chi connectivity index (χ2n) is 16.1. The molecule has 5 heteroatoms. The zero-order valence-corrected chi connectivity index (χ0v) is 37.1. The van der Waals surface area contributed by atoms with Crippen LogP contribution in [-0.4, -0.2) is 15.2 Å². The summed E-state index contributed by atoms with van der Waals surface area (Å²) < 4.78 is 0. The molecule has 2 N–H and O–H groups in total. The molecule has 270 valence electrons. The van der Waals surface area contributed by atoms with Gasteiger partial charge in [-0.1, -0.05) is 165 Å². The number of aromatic hydroxyl groups is 2. The van der Waals surface area contributed by atoms with Crippen LogP contribution >= 0.6 is 11.3 Å². The van der Waals surface area contributed by atoms with E-state index >= 15 is 0 Å². The molecular formula is C47H53HfNO2S-2. The summed E-state index contributed by atoms with van der Waals surface area (Å²) in [6.45, 7) is 19.7. The molecule has 0 saturated heterocycles. The van der Waals surface area contributed by atoms with Gasteiger partial charge in [0.15, 0.2) is 0 Å². The van der Waals surface area contributed by atoms with E-state index in [-0.39, 0.29) is 62.7 Å². The first kappa shape index (κ1) is 42.6. The molecule has 0 saturated carbocycles. The molecule has 0 radical (unpaired) electrons. The number of hydrogen-bond acceptors (Lipinski definition) is 4. The third-order valence-corrected chi connectivity index (χ3v) is 10.2. The van der Waals surface area contributed by atoms with Crippen LogP contribution < -0.4 is 0 Å². The Labute approximate surface area is 335 Å². The molecule has 52 heavy (non-hydrogen) atoms. The SMILES string of the molecule is CC(C)(C)c1cc(-c2cccc(-c3ccccc3-c3nc(-c4ccccc4-c4cccc(C(C)(C)C)c4O)cs3)c2O)cc(C(C)(C)C)c1.[CH3-].[CH3-].[Hf]. The average molecular weight is 875 g/mol. The number of aromatic nitrogens is 1. The fourth-order valence-electron chi connectivity index (χ4n) is 6.38. The maximum absolute atomic E-state index is 12.0. The van der Waals surface area contributed by atoms with E-state index in [1.807, 2.05) is 66.7 Å². The predicted molar refractivity (Wildman–Crippen MR) is 222 cm³/mol. The van der Waals surface area contributed by atoms with Crippen molar-refractivity contribution >= 4 is 11.3 Å². The second kappa shape index (κ2) is 16.1. The number of thiazole rings is 1. The van der Waals surface area contributed by atoms with E-state index in [4.69, 9.17) is 4.98 Å². The van der Waals surface area contributed by atoms with Crippen molar-refractivity contribution in [1.82, 2.24) is 4.98 Å². The molecule has 0 bridgehead atoms. The van der Waals surface area contributed by atoms with E-state index in [0.29, 0.717) is 5.75 Å².